The number of hydrogen-bond acceptors (Lipinski definition) is 5. The maximum Gasteiger partial charge on any atom is 0.162 e. The maximum atomic E-state index is 9.65. The number of fused-ring (bicyclic) bond motifs is 1. The van der Waals surface area contributed by atoms with Gasteiger partial charge < -0.3 is 15.5 Å². The highest BCUT2D eigenvalue weighted by Gasteiger charge is 2.13. The fraction of sp³-hybridized carbons (Fsp3) is 0.0909. The van der Waals surface area contributed by atoms with E-state index in [1.54, 1.807) is 0 Å². The monoisotopic (exact) mass is 357 g/mol. The van der Waals surface area contributed by atoms with Crippen LogP contribution in [0.3, 0.4) is 0 Å². The summed E-state index contributed by atoms with van der Waals surface area (Å²) in [7, 11) is 0. The molecule has 0 aliphatic carbocycles. The first-order valence-corrected chi connectivity index (χ1v) is 8.71. The van der Waals surface area contributed by atoms with E-state index in [-0.39, 0.29) is 13.2 Å². The van der Waals surface area contributed by atoms with Gasteiger partial charge in [0.1, 0.15) is 5.82 Å². The molecule has 0 amide bonds. The topological polar surface area (TPSA) is 78.3 Å². The zero-order chi connectivity index (χ0) is 18.6. The van der Waals surface area contributed by atoms with E-state index < -0.39 is 0 Å². The zero-order valence-electron chi connectivity index (χ0n) is 14.6. The SMILES string of the molecule is OCc1cc2nc(-c3ccccc3)nc(Nc3ccccc3)c2cc1CO. The van der Waals surface area contributed by atoms with Crippen LogP contribution in [0.2, 0.25) is 0 Å². The average molecular weight is 357 g/mol. The number of aliphatic hydroxyl groups is 2. The minimum atomic E-state index is -0.156. The summed E-state index contributed by atoms with van der Waals surface area (Å²) in [5.74, 6) is 1.26. The normalized spacial score (nSPS) is 10.9. The first-order valence-electron chi connectivity index (χ1n) is 8.71. The third-order valence-corrected chi connectivity index (χ3v) is 4.43. The maximum absolute atomic E-state index is 9.65. The summed E-state index contributed by atoms with van der Waals surface area (Å²) in [6.07, 6.45) is 0. The van der Waals surface area contributed by atoms with Gasteiger partial charge in [0.25, 0.3) is 0 Å². The van der Waals surface area contributed by atoms with E-state index in [1.807, 2.05) is 72.8 Å². The van der Waals surface area contributed by atoms with E-state index in [1.165, 1.54) is 0 Å². The number of rotatable bonds is 5. The number of aliphatic hydroxyl groups excluding tert-OH is 2. The number of anilines is 2. The molecule has 0 atom stereocenters. The van der Waals surface area contributed by atoms with Crippen molar-refractivity contribution in [1.82, 2.24) is 9.97 Å². The second-order valence-electron chi connectivity index (χ2n) is 6.21. The van der Waals surface area contributed by atoms with Crippen LogP contribution in [0, 0.1) is 0 Å². The molecule has 3 aromatic carbocycles. The summed E-state index contributed by atoms with van der Waals surface area (Å²) in [6.45, 7) is -0.311. The third-order valence-electron chi connectivity index (χ3n) is 4.43. The minimum Gasteiger partial charge on any atom is -0.392 e. The molecule has 5 nitrogen and oxygen atoms in total. The molecule has 0 saturated carbocycles. The number of nitrogens with one attached hydrogen (secondary N) is 1. The molecule has 0 bridgehead atoms. The Balaban J connectivity index is 1.93. The van der Waals surface area contributed by atoms with Gasteiger partial charge in [0.2, 0.25) is 0 Å². The number of hydrogen-bond donors (Lipinski definition) is 3. The van der Waals surface area contributed by atoms with Crippen LogP contribution in [0.15, 0.2) is 72.8 Å². The highest BCUT2D eigenvalue weighted by Crippen LogP contribution is 2.29. The number of aromatic nitrogens is 2. The number of nitrogens with zero attached hydrogens (tertiary/aromatic N) is 2. The molecule has 0 spiro atoms. The van der Waals surface area contributed by atoms with Crippen LogP contribution >= 0.6 is 0 Å². The Labute approximate surface area is 157 Å². The van der Waals surface area contributed by atoms with Crippen molar-refractivity contribution in [3.63, 3.8) is 0 Å². The van der Waals surface area contributed by atoms with Gasteiger partial charge in [0.15, 0.2) is 5.82 Å². The van der Waals surface area contributed by atoms with Gasteiger partial charge in [-0.1, -0.05) is 48.5 Å². The van der Waals surface area contributed by atoms with Crippen LogP contribution < -0.4 is 5.32 Å². The van der Waals surface area contributed by atoms with Crippen LogP contribution in [0.5, 0.6) is 0 Å². The summed E-state index contributed by atoms with van der Waals surface area (Å²) in [5.41, 5.74) is 3.86. The largest absolute Gasteiger partial charge is 0.392 e. The van der Waals surface area contributed by atoms with Crippen LogP contribution in [0.25, 0.3) is 22.3 Å². The molecule has 0 unspecified atom stereocenters. The van der Waals surface area contributed by atoms with Gasteiger partial charge in [-0.05, 0) is 35.4 Å². The van der Waals surface area contributed by atoms with E-state index in [2.05, 4.69) is 10.3 Å². The van der Waals surface area contributed by atoms with E-state index in [0.29, 0.717) is 28.3 Å². The number of benzene rings is 3. The van der Waals surface area contributed by atoms with Crippen molar-refractivity contribution in [2.24, 2.45) is 0 Å². The predicted molar refractivity (Wildman–Crippen MR) is 107 cm³/mol. The smallest absolute Gasteiger partial charge is 0.162 e. The van der Waals surface area contributed by atoms with Crippen molar-refractivity contribution < 1.29 is 10.2 Å². The van der Waals surface area contributed by atoms with Crippen molar-refractivity contribution in [3.05, 3.63) is 83.9 Å². The molecule has 0 saturated heterocycles. The highest BCUT2D eigenvalue weighted by molar-refractivity contribution is 5.93. The summed E-state index contributed by atoms with van der Waals surface area (Å²) < 4.78 is 0. The Kier molecular flexibility index (Phi) is 4.78. The molecule has 4 rings (SSSR count). The van der Waals surface area contributed by atoms with Crippen molar-refractivity contribution in [2.75, 3.05) is 5.32 Å². The molecule has 1 heterocycles. The van der Waals surface area contributed by atoms with Crippen molar-refractivity contribution >= 4 is 22.4 Å². The fourth-order valence-corrected chi connectivity index (χ4v) is 3.03. The Morgan fingerprint density at radius 3 is 2.04 bits per heavy atom. The standard InChI is InChI=1S/C22H19N3O2/c26-13-16-11-19-20(12-17(16)14-27)24-21(15-7-3-1-4-8-15)25-22(19)23-18-9-5-2-6-10-18/h1-12,26-27H,13-14H2,(H,23,24,25). The predicted octanol–water partition coefficient (Wildman–Crippen LogP) is 4.03. The van der Waals surface area contributed by atoms with Gasteiger partial charge in [0, 0.05) is 16.6 Å². The lowest BCUT2D eigenvalue weighted by molar-refractivity contribution is 0.260. The molecule has 5 heteroatoms. The number of para-hydroxylation sites is 1. The molecule has 0 fully saturated rings. The first-order chi connectivity index (χ1) is 13.3. The lowest BCUT2D eigenvalue weighted by Crippen LogP contribution is -2.02. The molecule has 134 valence electrons. The summed E-state index contributed by atoms with van der Waals surface area (Å²) in [6, 6.07) is 23.2. The zero-order valence-corrected chi connectivity index (χ0v) is 14.6. The molecule has 1 aromatic heterocycles. The average Bonchev–Trinajstić information content (AvgIpc) is 2.74. The molecule has 0 radical (unpaired) electrons. The molecular formula is C22H19N3O2. The van der Waals surface area contributed by atoms with E-state index in [9.17, 15) is 10.2 Å². The lowest BCUT2D eigenvalue weighted by Gasteiger charge is -2.14. The van der Waals surface area contributed by atoms with Gasteiger partial charge in [-0.15, -0.1) is 0 Å². The van der Waals surface area contributed by atoms with Crippen LogP contribution in [0.4, 0.5) is 11.5 Å². The summed E-state index contributed by atoms with van der Waals surface area (Å²) in [4.78, 5) is 9.42. The van der Waals surface area contributed by atoms with E-state index in [0.717, 1.165) is 16.6 Å². The third kappa shape index (κ3) is 3.51. The first kappa shape index (κ1) is 17.1. The van der Waals surface area contributed by atoms with Gasteiger partial charge in [-0.25, -0.2) is 9.97 Å². The summed E-state index contributed by atoms with van der Waals surface area (Å²) in [5, 5.41) is 23.4. The van der Waals surface area contributed by atoms with Crippen LogP contribution in [-0.4, -0.2) is 20.2 Å². The van der Waals surface area contributed by atoms with Crippen molar-refractivity contribution in [3.8, 4) is 11.4 Å². The molecule has 27 heavy (non-hydrogen) atoms. The van der Waals surface area contributed by atoms with E-state index >= 15 is 0 Å². The quantitative estimate of drug-likeness (QED) is 0.503. The summed E-state index contributed by atoms with van der Waals surface area (Å²) >= 11 is 0. The molecule has 0 aliphatic heterocycles. The molecular weight excluding hydrogens is 338 g/mol. The van der Waals surface area contributed by atoms with Gasteiger partial charge in [0.05, 0.1) is 18.7 Å². The molecule has 0 aliphatic rings. The van der Waals surface area contributed by atoms with Crippen LogP contribution in [-0.2, 0) is 13.2 Å². The van der Waals surface area contributed by atoms with E-state index in [4.69, 9.17) is 4.98 Å². The van der Waals surface area contributed by atoms with Crippen molar-refractivity contribution in [2.45, 2.75) is 13.2 Å². The highest BCUT2D eigenvalue weighted by atomic mass is 16.3. The van der Waals surface area contributed by atoms with Gasteiger partial charge >= 0.3 is 0 Å². The van der Waals surface area contributed by atoms with Crippen molar-refractivity contribution in [1.29, 1.82) is 0 Å². The Bertz CT molecular complexity index is 1070. The van der Waals surface area contributed by atoms with Gasteiger partial charge in [-0.3, -0.25) is 0 Å². The Morgan fingerprint density at radius 2 is 1.37 bits per heavy atom. The molecule has 3 N–H and O–H groups in total. The Hall–Kier alpha value is -3.28. The van der Waals surface area contributed by atoms with Gasteiger partial charge in [-0.2, -0.15) is 0 Å². The fourth-order valence-electron chi connectivity index (χ4n) is 3.03. The second kappa shape index (κ2) is 7.53. The minimum absolute atomic E-state index is 0.155. The second-order valence-corrected chi connectivity index (χ2v) is 6.21. The molecule has 4 aromatic rings. The van der Waals surface area contributed by atoms with Crippen LogP contribution in [0.1, 0.15) is 11.1 Å². The lowest BCUT2D eigenvalue weighted by atomic mass is 10.0. The Morgan fingerprint density at radius 1 is 0.741 bits per heavy atom.